The lowest BCUT2D eigenvalue weighted by molar-refractivity contribution is 0.102. The first-order valence-corrected chi connectivity index (χ1v) is 10.5. The second kappa shape index (κ2) is 8.35. The fourth-order valence-electron chi connectivity index (χ4n) is 3.80. The Kier molecular flexibility index (Phi) is 5.24. The summed E-state index contributed by atoms with van der Waals surface area (Å²) in [7, 11) is 3.95. The molecule has 1 amide bonds. The Morgan fingerprint density at radius 2 is 1.81 bits per heavy atom. The van der Waals surface area contributed by atoms with Crippen LogP contribution in [0.4, 0.5) is 11.6 Å². The van der Waals surface area contributed by atoms with Crippen LogP contribution in [0.25, 0.3) is 22.0 Å². The molecule has 0 unspecified atom stereocenters. The lowest BCUT2D eigenvalue weighted by atomic mass is 10.1. The zero-order chi connectivity index (χ0) is 22.1. The molecule has 1 aliphatic rings. The number of aryl methyl sites for hydroxylation is 1. The molecule has 0 atom stereocenters. The van der Waals surface area contributed by atoms with E-state index in [-0.39, 0.29) is 5.91 Å². The van der Waals surface area contributed by atoms with Crippen molar-refractivity contribution in [2.45, 2.75) is 0 Å². The smallest absolute Gasteiger partial charge is 0.257 e. The Morgan fingerprint density at radius 3 is 2.59 bits per heavy atom. The predicted molar refractivity (Wildman–Crippen MR) is 124 cm³/mol. The highest BCUT2D eigenvalue weighted by atomic mass is 16.1. The second-order valence-electron chi connectivity index (χ2n) is 8.06. The number of amides is 1. The van der Waals surface area contributed by atoms with Gasteiger partial charge in [-0.3, -0.25) is 9.48 Å². The van der Waals surface area contributed by atoms with E-state index in [0.29, 0.717) is 11.4 Å². The van der Waals surface area contributed by atoms with Crippen molar-refractivity contribution in [2.24, 2.45) is 7.05 Å². The van der Waals surface area contributed by atoms with E-state index < -0.39 is 0 Å². The average molecular weight is 429 g/mol. The monoisotopic (exact) mass is 428 g/mol. The number of pyridine rings is 2. The SMILES string of the molecule is CN1CCN(c2cc(C(=O)Nc3cc4cc(-c5cn(C)nn5)ccc4cn3)ccn2)CC1. The van der Waals surface area contributed by atoms with Gasteiger partial charge in [-0.1, -0.05) is 17.3 Å². The fraction of sp³-hybridized carbons (Fsp3) is 0.261. The normalized spacial score (nSPS) is 14.6. The van der Waals surface area contributed by atoms with Gasteiger partial charge in [0, 0.05) is 62.1 Å². The van der Waals surface area contributed by atoms with E-state index in [2.05, 4.69) is 42.4 Å². The first-order chi connectivity index (χ1) is 15.5. The Hall–Kier alpha value is -3.85. The van der Waals surface area contributed by atoms with Gasteiger partial charge in [-0.05, 0) is 36.7 Å². The van der Waals surface area contributed by atoms with Gasteiger partial charge >= 0.3 is 0 Å². The number of rotatable bonds is 4. The maximum atomic E-state index is 12.9. The predicted octanol–water partition coefficient (Wildman–Crippen LogP) is 2.43. The molecule has 0 saturated carbocycles. The van der Waals surface area contributed by atoms with Gasteiger partial charge < -0.3 is 15.1 Å². The van der Waals surface area contributed by atoms with Gasteiger partial charge in [0.25, 0.3) is 5.91 Å². The Bertz CT molecular complexity index is 1280. The topological polar surface area (TPSA) is 92.1 Å². The molecule has 3 aromatic heterocycles. The van der Waals surface area contributed by atoms with Gasteiger partial charge in [-0.15, -0.1) is 5.10 Å². The molecule has 0 spiro atoms. The van der Waals surface area contributed by atoms with Crippen LogP contribution in [-0.4, -0.2) is 69.0 Å². The Labute approximate surface area is 185 Å². The molecule has 0 bridgehead atoms. The summed E-state index contributed by atoms with van der Waals surface area (Å²) in [5, 5.41) is 13.0. The summed E-state index contributed by atoms with van der Waals surface area (Å²) >= 11 is 0. The summed E-state index contributed by atoms with van der Waals surface area (Å²) in [4.78, 5) is 26.3. The summed E-state index contributed by atoms with van der Waals surface area (Å²) in [5.74, 6) is 1.11. The summed E-state index contributed by atoms with van der Waals surface area (Å²) < 4.78 is 1.67. The molecule has 5 rings (SSSR count). The highest BCUT2D eigenvalue weighted by molar-refractivity contribution is 6.05. The summed E-state index contributed by atoms with van der Waals surface area (Å²) in [6.07, 6.45) is 5.31. The molecule has 1 aromatic carbocycles. The van der Waals surface area contributed by atoms with E-state index in [1.54, 1.807) is 23.1 Å². The lowest BCUT2D eigenvalue weighted by Crippen LogP contribution is -2.44. The van der Waals surface area contributed by atoms with Gasteiger partial charge in [0.1, 0.15) is 17.3 Å². The summed E-state index contributed by atoms with van der Waals surface area (Å²) in [6.45, 7) is 3.76. The quantitative estimate of drug-likeness (QED) is 0.534. The number of aromatic nitrogens is 5. The van der Waals surface area contributed by atoms with Crippen LogP contribution < -0.4 is 10.2 Å². The van der Waals surface area contributed by atoms with E-state index in [4.69, 9.17) is 0 Å². The lowest BCUT2D eigenvalue weighted by Gasteiger charge is -2.33. The van der Waals surface area contributed by atoms with Gasteiger partial charge in [0.15, 0.2) is 0 Å². The standard InChI is InChI=1S/C23H24N8O/c1-29-7-9-31(10-8-29)22-13-17(5-6-24-22)23(32)26-21-12-19-11-16(3-4-18(19)14-25-21)20-15-30(2)28-27-20/h3-6,11-15H,7-10H2,1-2H3,(H,25,26,32). The molecule has 1 aliphatic heterocycles. The van der Waals surface area contributed by atoms with Crippen LogP contribution in [0.2, 0.25) is 0 Å². The van der Waals surface area contributed by atoms with Crippen molar-refractivity contribution in [1.29, 1.82) is 0 Å². The molecule has 1 N–H and O–H groups in total. The van der Waals surface area contributed by atoms with Gasteiger partial charge in [0.2, 0.25) is 0 Å². The van der Waals surface area contributed by atoms with E-state index in [1.807, 2.05) is 43.6 Å². The third-order valence-corrected chi connectivity index (χ3v) is 5.70. The van der Waals surface area contributed by atoms with Crippen LogP contribution in [0.1, 0.15) is 10.4 Å². The number of hydrogen-bond donors (Lipinski definition) is 1. The molecule has 32 heavy (non-hydrogen) atoms. The van der Waals surface area contributed by atoms with Crippen molar-refractivity contribution >= 4 is 28.3 Å². The third-order valence-electron chi connectivity index (χ3n) is 5.70. The molecular formula is C23H24N8O. The molecular weight excluding hydrogens is 404 g/mol. The van der Waals surface area contributed by atoms with E-state index in [0.717, 1.165) is 54.0 Å². The number of anilines is 2. The van der Waals surface area contributed by atoms with Gasteiger partial charge in [0.05, 0.1) is 6.20 Å². The largest absolute Gasteiger partial charge is 0.354 e. The molecule has 9 nitrogen and oxygen atoms in total. The molecule has 4 aromatic rings. The van der Waals surface area contributed by atoms with Crippen molar-refractivity contribution in [3.05, 3.63) is 60.6 Å². The van der Waals surface area contributed by atoms with Crippen molar-refractivity contribution in [1.82, 2.24) is 29.9 Å². The number of nitrogens with zero attached hydrogens (tertiary/aromatic N) is 7. The average Bonchev–Trinajstić information content (AvgIpc) is 3.25. The first-order valence-electron chi connectivity index (χ1n) is 10.5. The Balaban J connectivity index is 1.36. The highest BCUT2D eigenvalue weighted by Crippen LogP contribution is 2.24. The van der Waals surface area contributed by atoms with Crippen molar-refractivity contribution in [2.75, 3.05) is 43.4 Å². The second-order valence-corrected chi connectivity index (χ2v) is 8.06. The fourth-order valence-corrected chi connectivity index (χ4v) is 3.80. The maximum Gasteiger partial charge on any atom is 0.257 e. The molecule has 9 heteroatoms. The molecule has 0 aliphatic carbocycles. The number of hydrogen-bond acceptors (Lipinski definition) is 7. The van der Waals surface area contributed by atoms with Crippen molar-refractivity contribution < 1.29 is 4.79 Å². The number of benzene rings is 1. The van der Waals surface area contributed by atoms with Crippen LogP contribution >= 0.6 is 0 Å². The Morgan fingerprint density at radius 1 is 0.969 bits per heavy atom. The first kappa shape index (κ1) is 20.1. The molecule has 1 saturated heterocycles. The molecule has 162 valence electrons. The highest BCUT2D eigenvalue weighted by Gasteiger charge is 2.17. The maximum absolute atomic E-state index is 12.9. The number of likely N-dealkylation sites (N-methyl/N-ethyl adjacent to an activating group) is 1. The van der Waals surface area contributed by atoms with Gasteiger partial charge in [-0.25, -0.2) is 9.97 Å². The number of fused-ring (bicyclic) bond motifs is 1. The third kappa shape index (κ3) is 4.15. The van der Waals surface area contributed by atoms with Crippen LogP contribution in [0.5, 0.6) is 0 Å². The van der Waals surface area contributed by atoms with Gasteiger partial charge in [-0.2, -0.15) is 0 Å². The number of piperazine rings is 1. The van der Waals surface area contributed by atoms with Crippen LogP contribution in [0.15, 0.2) is 55.0 Å². The number of carbonyl (C=O) groups excluding carboxylic acids is 1. The minimum Gasteiger partial charge on any atom is -0.354 e. The van der Waals surface area contributed by atoms with Crippen molar-refractivity contribution in [3.8, 4) is 11.3 Å². The zero-order valence-corrected chi connectivity index (χ0v) is 18.1. The van der Waals surface area contributed by atoms with Crippen LogP contribution in [-0.2, 0) is 7.05 Å². The van der Waals surface area contributed by atoms with E-state index in [9.17, 15) is 4.79 Å². The number of nitrogens with one attached hydrogen (secondary N) is 1. The zero-order valence-electron chi connectivity index (χ0n) is 18.1. The summed E-state index contributed by atoms with van der Waals surface area (Å²) in [6, 6.07) is 11.4. The molecule has 4 heterocycles. The van der Waals surface area contributed by atoms with Crippen molar-refractivity contribution in [3.63, 3.8) is 0 Å². The molecule has 0 radical (unpaired) electrons. The minimum absolute atomic E-state index is 0.209. The van der Waals surface area contributed by atoms with E-state index >= 15 is 0 Å². The van der Waals surface area contributed by atoms with Crippen LogP contribution in [0.3, 0.4) is 0 Å². The van der Waals surface area contributed by atoms with E-state index in [1.165, 1.54) is 0 Å². The minimum atomic E-state index is -0.209. The number of carbonyl (C=O) groups is 1. The molecule has 1 fully saturated rings. The van der Waals surface area contributed by atoms with Crippen LogP contribution in [0, 0.1) is 0 Å². The summed E-state index contributed by atoms with van der Waals surface area (Å²) in [5.41, 5.74) is 2.31.